The molecule has 0 unspecified atom stereocenters. The Labute approximate surface area is 193 Å². The molecule has 0 spiro atoms. The first-order valence-corrected chi connectivity index (χ1v) is 11.2. The number of anilines is 2. The second-order valence-electron chi connectivity index (χ2n) is 7.46. The van der Waals surface area contributed by atoms with E-state index in [1.807, 2.05) is 32.0 Å². The number of fused-ring (bicyclic) bond motifs is 1. The molecule has 1 aromatic heterocycles. The minimum absolute atomic E-state index is 0.0478. The van der Waals surface area contributed by atoms with Crippen LogP contribution in [0.5, 0.6) is 5.75 Å². The molecule has 1 heterocycles. The van der Waals surface area contributed by atoms with Crippen LogP contribution in [0, 0.1) is 0 Å². The Balaban J connectivity index is 1.77. The first-order chi connectivity index (χ1) is 15.9. The summed E-state index contributed by atoms with van der Waals surface area (Å²) in [6.07, 6.45) is 1.33. The van der Waals surface area contributed by atoms with E-state index < -0.39 is 11.5 Å². The molecule has 2 aromatic carbocycles. The maximum atomic E-state index is 12.5. The van der Waals surface area contributed by atoms with E-state index in [4.69, 9.17) is 4.42 Å². The third kappa shape index (κ3) is 5.34. The number of phenols is 1. The molecule has 0 aliphatic carbocycles. The van der Waals surface area contributed by atoms with Gasteiger partial charge >= 0.3 is 5.63 Å². The molecule has 174 valence electrons. The summed E-state index contributed by atoms with van der Waals surface area (Å²) in [5.41, 5.74) is 4.16. The highest BCUT2D eigenvalue weighted by atomic mass is 16.4. The Kier molecular flexibility index (Phi) is 7.71. The second-order valence-corrected chi connectivity index (χ2v) is 7.46. The van der Waals surface area contributed by atoms with Crippen molar-refractivity contribution in [1.29, 1.82) is 0 Å². The lowest BCUT2D eigenvalue weighted by Crippen LogP contribution is -2.24. The summed E-state index contributed by atoms with van der Waals surface area (Å²) < 4.78 is 5.39. The second kappa shape index (κ2) is 10.7. The average Bonchev–Trinajstić information content (AvgIpc) is 2.81. The highest BCUT2D eigenvalue weighted by Crippen LogP contribution is 2.24. The van der Waals surface area contributed by atoms with Gasteiger partial charge in [-0.2, -0.15) is 5.10 Å². The van der Waals surface area contributed by atoms with E-state index in [1.165, 1.54) is 12.3 Å². The lowest BCUT2D eigenvalue weighted by atomic mass is 10.1. The predicted molar refractivity (Wildman–Crippen MR) is 133 cm³/mol. The number of carbonyl (C=O) groups is 1. The van der Waals surface area contributed by atoms with Crippen LogP contribution in [0.15, 0.2) is 56.8 Å². The summed E-state index contributed by atoms with van der Waals surface area (Å²) in [6, 6.07) is 12.3. The van der Waals surface area contributed by atoms with Gasteiger partial charge < -0.3 is 19.3 Å². The quantitative estimate of drug-likeness (QED) is 0.291. The lowest BCUT2D eigenvalue weighted by molar-refractivity contribution is 0.0951. The number of benzene rings is 2. The Morgan fingerprint density at radius 2 is 1.58 bits per heavy atom. The Hall–Kier alpha value is -3.81. The van der Waals surface area contributed by atoms with Crippen molar-refractivity contribution >= 4 is 34.5 Å². The van der Waals surface area contributed by atoms with E-state index in [0.717, 1.165) is 37.6 Å². The molecule has 3 aromatic rings. The fourth-order valence-electron chi connectivity index (χ4n) is 3.69. The van der Waals surface area contributed by atoms with E-state index in [0.29, 0.717) is 16.5 Å². The SMILES string of the molecule is CCN(CC)c1ccc(C=NNC(=O)c2cc3ccc(N(CC)CC)cc3oc2=O)c(O)c1. The number of amides is 1. The third-order valence-corrected chi connectivity index (χ3v) is 5.61. The third-order valence-electron chi connectivity index (χ3n) is 5.61. The molecule has 0 radical (unpaired) electrons. The van der Waals surface area contributed by atoms with Crippen molar-refractivity contribution in [2.45, 2.75) is 27.7 Å². The van der Waals surface area contributed by atoms with Gasteiger partial charge in [-0.3, -0.25) is 4.79 Å². The molecule has 8 nitrogen and oxygen atoms in total. The van der Waals surface area contributed by atoms with E-state index in [9.17, 15) is 14.7 Å². The van der Waals surface area contributed by atoms with Crippen LogP contribution in [0.1, 0.15) is 43.6 Å². The smallest absolute Gasteiger partial charge is 0.349 e. The van der Waals surface area contributed by atoms with Crippen molar-refractivity contribution in [3.05, 3.63) is 64.0 Å². The van der Waals surface area contributed by atoms with Crippen molar-refractivity contribution < 1.29 is 14.3 Å². The van der Waals surface area contributed by atoms with Crippen LogP contribution in [0.4, 0.5) is 11.4 Å². The lowest BCUT2D eigenvalue weighted by Gasteiger charge is -2.21. The van der Waals surface area contributed by atoms with Gasteiger partial charge in [0, 0.05) is 60.6 Å². The van der Waals surface area contributed by atoms with Crippen molar-refractivity contribution in [1.82, 2.24) is 5.43 Å². The number of carbonyl (C=O) groups excluding carboxylic acids is 1. The van der Waals surface area contributed by atoms with Crippen molar-refractivity contribution in [2.24, 2.45) is 5.10 Å². The molecule has 0 aliphatic heterocycles. The number of nitrogens with one attached hydrogen (secondary N) is 1. The van der Waals surface area contributed by atoms with Crippen LogP contribution in [0.2, 0.25) is 0 Å². The molecule has 3 rings (SSSR count). The minimum atomic E-state index is -0.738. The molecule has 0 atom stereocenters. The average molecular weight is 451 g/mol. The Morgan fingerprint density at radius 3 is 2.18 bits per heavy atom. The molecule has 0 saturated heterocycles. The van der Waals surface area contributed by atoms with Crippen molar-refractivity contribution in [3.8, 4) is 5.75 Å². The summed E-state index contributed by atoms with van der Waals surface area (Å²) in [4.78, 5) is 29.2. The Bertz CT molecular complexity index is 1210. The van der Waals surface area contributed by atoms with Crippen molar-refractivity contribution in [3.63, 3.8) is 0 Å². The first-order valence-electron chi connectivity index (χ1n) is 11.2. The Morgan fingerprint density at radius 1 is 0.970 bits per heavy atom. The number of hydrogen-bond donors (Lipinski definition) is 2. The maximum Gasteiger partial charge on any atom is 0.349 e. The number of hydrogen-bond acceptors (Lipinski definition) is 7. The molecule has 0 aliphatic rings. The summed E-state index contributed by atoms with van der Waals surface area (Å²) in [5, 5.41) is 14.8. The summed E-state index contributed by atoms with van der Waals surface area (Å²) in [6.45, 7) is 11.5. The van der Waals surface area contributed by atoms with Gasteiger partial charge in [-0.15, -0.1) is 0 Å². The molecule has 0 fully saturated rings. The van der Waals surface area contributed by atoms with Crippen LogP contribution in [-0.2, 0) is 0 Å². The molecule has 2 N–H and O–H groups in total. The van der Waals surface area contributed by atoms with Gasteiger partial charge in [0.1, 0.15) is 16.9 Å². The molecular formula is C25H30N4O4. The number of phenolic OH excluding ortho intramolecular Hbond substituents is 1. The largest absolute Gasteiger partial charge is 0.507 e. The maximum absolute atomic E-state index is 12.5. The van der Waals surface area contributed by atoms with Gasteiger partial charge in [-0.25, -0.2) is 10.2 Å². The number of nitrogens with zero attached hydrogens (tertiary/aromatic N) is 3. The van der Waals surface area contributed by atoms with Gasteiger partial charge in [-0.1, -0.05) is 0 Å². The zero-order chi connectivity index (χ0) is 24.0. The molecule has 1 amide bonds. The van der Waals surface area contributed by atoms with Gasteiger partial charge in [0.15, 0.2) is 0 Å². The standard InChI is InChI=1S/C25H30N4O4/c1-5-28(6-2)19-12-10-18(22(30)14-19)16-26-27-24(31)21-13-17-9-11-20(29(7-3)8-4)15-23(17)33-25(21)32/h9-16,30H,5-8H2,1-4H3,(H,27,31). The number of rotatable bonds is 9. The van der Waals surface area contributed by atoms with Crippen LogP contribution in [0.25, 0.3) is 11.0 Å². The molecule has 8 heteroatoms. The summed E-state index contributed by atoms with van der Waals surface area (Å²) in [5.74, 6) is -0.638. The normalized spacial score (nSPS) is 11.2. The monoisotopic (exact) mass is 450 g/mol. The molecular weight excluding hydrogens is 420 g/mol. The van der Waals surface area contributed by atoms with Crippen LogP contribution >= 0.6 is 0 Å². The van der Waals surface area contributed by atoms with E-state index in [2.05, 4.69) is 34.2 Å². The van der Waals surface area contributed by atoms with E-state index in [1.54, 1.807) is 18.2 Å². The van der Waals surface area contributed by atoms with Gasteiger partial charge in [0.2, 0.25) is 0 Å². The zero-order valence-corrected chi connectivity index (χ0v) is 19.5. The highest BCUT2D eigenvalue weighted by molar-refractivity contribution is 5.97. The fraction of sp³-hybridized carbons (Fsp3) is 0.320. The summed E-state index contributed by atoms with van der Waals surface area (Å²) >= 11 is 0. The van der Waals surface area contributed by atoms with E-state index >= 15 is 0 Å². The van der Waals surface area contributed by atoms with Crippen LogP contribution < -0.4 is 20.9 Å². The molecule has 33 heavy (non-hydrogen) atoms. The zero-order valence-electron chi connectivity index (χ0n) is 19.5. The molecule has 0 saturated carbocycles. The predicted octanol–water partition coefficient (Wildman–Crippen LogP) is 3.95. The highest BCUT2D eigenvalue weighted by Gasteiger charge is 2.14. The van der Waals surface area contributed by atoms with Crippen molar-refractivity contribution in [2.75, 3.05) is 36.0 Å². The van der Waals surface area contributed by atoms with Gasteiger partial charge in [0.05, 0.1) is 6.21 Å². The fourth-order valence-corrected chi connectivity index (χ4v) is 3.69. The first kappa shape index (κ1) is 23.8. The molecule has 0 bridgehead atoms. The van der Waals surface area contributed by atoms with Crippen LogP contribution in [0.3, 0.4) is 0 Å². The van der Waals surface area contributed by atoms with Gasteiger partial charge in [0.25, 0.3) is 5.91 Å². The van der Waals surface area contributed by atoms with E-state index in [-0.39, 0.29) is 11.3 Å². The topological polar surface area (TPSA) is 98.4 Å². The summed E-state index contributed by atoms with van der Waals surface area (Å²) in [7, 11) is 0. The number of hydrazone groups is 1. The minimum Gasteiger partial charge on any atom is -0.507 e. The number of aromatic hydroxyl groups is 1. The van der Waals surface area contributed by atoms with Gasteiger partial charge in [-0.05, 0) is 58.0 Å². The van der Waals surface area contributed by atoms with Crippen LogP contribution in [-0.4, -0.2) is 43.4 Å².